The zero-order chi connectivity index (χ0) is 15.1. The number of phenolic OH excluding ortho intramolecular Hbond substituents is 1. The second-order valence-electron chi connectivity index (χ2n) is 5.53. The van der Waals surface area contributed by atoms with Crippen LogP contribution in [0.1, 0.15) is 39.2 Å². The summed E-state index contributed by atoms with van der Waals surface area (Å²) in [6.07, 6.45) is 2.61. The lowest BCUT2D eigenvalue weighted by atomic mass is 9.98. The van der Waals surface area contributed by atoms with Crippen molar-refractivity contribution in [1.29, 1.82) is 0 Å². The molecule has 0 heterocycles. The van der Waals surface area contributed by atoms with Gasteiger partial charge in [-0.25, -0.2) is 0 Å². The third-order valence-corrected chi connectivity index (χ3v) is 3.75. The Labute approximate surface area is 121 Å². The molecule has 1 aromatic rings. The minimum Gasteiger partial charge on any atom is -0.508 e. The maximum Gasteiger partial charge on any atom is 0.237 e. The molecule has 0 saturated heterocycles. The van der Waals surface area contributed by atoms with Crippen molar-refractivity contribution in [3.63, 3.8) is 0 Å². The molecule has 0 spiro atoms. The molecule has 112 valence electrons. The van der Waals surface area contributed by atoms with Gasteiger partial charge in [-0.1, -0.05) is 32.4 Å². The highest BCUT2D eigenvalue weighted by molar-refractivity contribution is 5.82. The van der Waals surface area contributed by atoms with Crippen molar-refractivity contribution in [2.45, 2.75) is 52.1 Å². The standard InChI is InChI=1S/C16H26N2O2/c1-4-11(2)15(17)16(20)18-12(3)5-6-13-7-9-14(19)10-8-13/h7-12,15,19H,4-6,17H2,1-3H3,(H,18,20). The predicted octanol–water partition coefficient (Wildman–Crippen LogP) is 2.20. The van der Waals surface area contributed by atoms with Gasteiger partial charge in [0, 0.05) is 6.04 Å². The predicted molar refractivity (Wildman–Crippen MR) is 81.5 cm³/mol. The summed E-state index contributed by atoms with van der Waals surface area (Å²) in [5.41, 5.74) is 7.05. The Morgan fingerprint density at radius 3 is 2.45 bits per heavy atom. The molecule has 0 aliphatic rings. The fourth-order valence-corrected chi connectivity index (χ4v) is 1.97. The Balaban J connectivity index is 2.38. The van der Waals surface area contributed by atoms with Gasteiger partial charge < -0.3 is 16.2 Å². The summed E-state index contributed by atoms with van der Waals surface area (Å²) in [7, 11) is 0. The number of aromatic hydroxyl groups is 1. The Morgan fingerprint density at radius 1 is 1.30 bits per heavy atom. The van der Waals surface area contributed by atoms with Crippen LogP contribution in [0.5, 0.6) is 5.75 Å². The van der Waals surface area contributed by atoms with E-state index in [1.807, 2.05) is 32.9 Å². The number of nitrogens with two attached hydrogens (primary N) is 1. The minimum atomic E-state index is -0.434. The highest BCUT2D eigenvalue weighted by atomic mass is 16.3. The number of phenols is 1. The summed E-state index contributed by atoms with van der Waals surface area (Å²) in [4.78, 5) is 11.9. The van der Waals surface area contributed by atoms with Gasteiger partial charge in [0.15, 0.2) is 0 Å². The summed E-state index contributed by atoms with van der Waals surface area (Å²) in [6, 6.07) is 6.81. The zero-order valence-electron chi connectivity index (χ0n) is 12.6. The van der Waals surface area contributed by atoms with E-state index in [-0.39, 0.29) is 23.6 Å². The van der Waals surface area contributed by atoms with Crippen LogP contribution in [0, 0.1) is 5.92 Å². The SMILES string of the molecule is CCC(C)C(N)C(=O)NC(C)CCc1ccc(O)cc1. The molecule has 3 unspecified atom stereocenters. The van der Waals surface area contributed by atoms with E-state index in [1.54, 1.807) is 12.1 Å². The lowest BCUT2D eigenvalue weighted by molar-refractivity contribution is -0.124. The van der Waals surface area contributed by atoms with Crippen molar-refractivity contribution in [2.24, 2.45) is 11.7 Å². The van der Waals surface area contributed by atoms with E-state index in [9.17, 15) is 9.90 Å². The summed E-state index contributed by atoms with van der Waals surface area (Å²) < 4.78 is 0. The quantitative estimate of drug-likeness (QED) is 0.715. The number of amides is 1. The van der Waals surface area contributed by atoms with Crippen LogP contribution in [0.3, 0.4) is 0 Å². The summed E-state index contributed by atoms with van der Waals surface area (Å²) in [5.74, 6) is 0.395. The molecule has 1 amide bonds. The van der Waals surface area contributed by atoms with E-state index in [1.165, 1.54) is 0 Å². The number of carbonyl (C=O) groups excluding carboxylic acids is 1. The van der Waals surface area contributed by atoms with Crippen molar-refractivity contribution in [3.8, 4) is 5.75 Å². The molecule has 4 nitrogen and oxygen atoms in total. The fraction of sp³-hybridized carbons (Fsp3) is 0.562. The normalized spacial score (nSPS) is 15.4. The van der Waals surface area contributed by atoms with Crippen LogP contribution in [0.2, 0.25) is 0 Å². The molecule has 0 aliphatic heterocycles. The molecule has 3 atom stereocenters. The first-order valence-electron chi connectivity index (χ1n) is 7.27. The van der Waals surface area contributed by atoms with Gasteiger partial charge in [-0.15, -0.1) is 0 Å². The average Bonchev–Trinajstić information content (AvgIpc) is 2.44. The topological polar surface area (TPSA) is 75.4 Å². The van der Waals surface area contributed by atoms with E-state index < -0.39 is 6.04 Å². The number of carbonyl (C=O) groups is 1. The number of rotatable bonds is 7. The van der Waals surface area contributed by atoms with Crippen LogP contribution in [0.25, 0.3) is 0 Å². The molecule has 0 aliphatic carbocycles. The molecule has 1 aromatic carbocycles. The third-order valence-electron chi connectivity index (χ3n) is 3.75. The molecule has 4 N–H and O–H groups in total. The minimum absolute atomic E-state index is 0.0717. The molecule has 0 saturated carbocycles. The molecular formula is C16H26N2O2. The molecule has 0 radical (unpaired) electrons. The summed E-state index contributed by atoms with van der Waals surface area (Å²) in [6.45, 7) is 6.01. The van der Waals surface area contributed by atoms with Crippen molar-refractivity contribution < 1.29 is 9.90 Å². The fourth-order valence-electron chi connectivity index (χ4n) is 1.97. The third kappa shape index (κ3) is 5.21. The van der Waals surface area contributed by atoms with Crippen molar-refractivity contribution in [3.05, 3.63) is 29.8 Å². The van der Waals surface area contributed by atoms with E-state index in [0.717, 1.165) is 24.8 Å². The van der Waals surface area contributed by atoms with Crippen LogP contribution in [-0.2, 0) is 11.2 Å². The Hall–Kier alpha value is -1.55. The van der Waals surface area contributed by atoms with Gasteiger partial charge in [0.2, 0.25) is 5.91 Å². The summed E-state index contributed by atoms with van der Waals surface area (Å²) >= 11 is 0. The van der Waals surface area contributed by atoms with Crippen LogP contribution in [0.4, 0.5) is 0 Å². The van der Waals surface area contributed by atoms with Gasteiger partial charge in [-0.3, -0.25) is 4.79 Å². The van der Waals surface area contributed by atoms with Crippen LogP contribution < -0.4 is 11.1 Å². The molecule has 0 aromatic heterocycles. The second kappa shape index (κ2) is 7.90. The van der Waals surface area contributed by atoms with E-state index >= 15 is 0 Å². The molecule has 1 rings (SSSR count). The van der Waals surface area contributed by atoms with E-state index in [2.05, 4.69) is 5.32 Å². The van der Waals surface area contributed by atoms with E-state index in [4.69, 9.17) is 5.73 Å². The number of hydrogen-bond acceptors (Lipinski definition) is 3. The number of nitrogens with one attached hydrogen (secondary N) is 1. The van der Waals surface area contributed by atoms with Gasteiger partial charge >= 0.3 is 0 Å². The molecule has 4 heteroatoms. The molecule has 20 heavy (non-hydrogen) atoms. The van der Waals surface area contributed by atoms with Crippen molar-refractivity contribution in [1.82, 2.24) is 5.32 Å². The first-order chi connectivity index (χ1) is 9.43. The van der Waals surface area contributed by atoms with Gasteiger partial charge in [-0.05, 0) is 43.4 Å². The van der Waals surface area contributed by atoms with Gasteiger partial charge in [-0.2, -0.15) is 0 Å². The number of aryl methyl sites for hydroxylation is 1. The lowest BCUT2D eigenvalue weighted by Crippen LogP contribution is -2.47. The Bertz CT molecular complexity index is 417. The van der Waals surface area contributed by atoms with Gasteiger partial charge in [0.05, 0.1) is 6.04 Å². The number of benzene rings is 1. The molecule has 0 bridgehead atoms. The van der Waals surface area contributed by atoms with Gasteiger partial charge in [0.1, 0.15) is 5.75 Å². The highest BCUT2D eigenvalue weighted by Crippen LogP contribution is 2.12. The summed E-state index contributed by atoms with van der Waals surface area (Å²) in [5, 5.41) is 12.2. The first kappa shape index (κ1) is 16.5. The zero-order valence-corrected chi connectivity index (χ0v) is 12.6. The maximum absolute atomic E-state index is 11.9. The average molecular weight is 278 g/mol. The van der Waals surface area contributed by atoms with Crippen LogP contribution in [0.15, 0.2) is 24.3 Å². The number of hydrogen-bond donors (Lipinski definition) is 3. The van der Waals surface area contributed by atoms with Crippen LogP contribution >= 0.6 is 0 Å². The maximum atomic E-state index is 11.9. The Morgan fingerprint density at radius 2 is 1.90 bits per heavy atom. The lowest BCUT2D eigenvalue weighted by Gasteiger charge is -2.21. The molecular weight excluding hydrogens is 252 g/mol. The monoisotopic (exact) mass is 278 g/mol. The second-order valence-corrected chi connectivity index (χ2v) is 5.53. The van der Waals surface area contributed by atoms with Crippen LogP contribution in [-0.4, -0.2) is 23.1 Å². The first-order valence-corrected chi connectivity index (χ1v) is 7.27. The Kier molecular flexibility index (Phi) is 6.52. The van der Waals surface area contributed by atoms with Crippen molar-refractivity contribution >= 4 is 5.91 Å². The van der Waals surface area contributed by atoms with Crippen molar-refractivity contribution in [2.75, 3.05) is 0 Å². The van der Waals surface area contributed by atoms with Gasteiger partial charge in [0.25, 0.3) is 0 Å². The smallest absolute Gasteiger partial charge is 0.237 e. The molecule has 0 fully saturated rings. The largest absolute Gasteiger partial charge is 0.508 e. The highest BCUT2D eigenvalue weighted by Gasteiger charge is 2.20. The van der Waals surface area contributed by atoms with E-state index in [0.29, 0.717) is 0 Å².